The molecular formula is C18H16O4S. The van der Waals surface area contributed by atoms with Gasteiger partial charge in [-0.2, -0.15) is 0 Å². The molecule has 0 aromatic heterocycles. The Labute approximate surface area is 138 Å². The molecule has 23 heavy (non-hydrogen) atoms. The van der Waals surface area contributed by atoms with Crippen molar-refractivity contribution in [2.75, 3.05) is 7.11 Å². The molecule has 4 nitrogen and oxygen atoms in total. The number of ether oxygens (including phenoxy) is 1. The maximum Gasteiger partial charge on any atom is 0.310 e. The number of carboxylic acid groups (broad SMARTS) is 1. The SMILES string of the molecule is COC1Sc2cc(C(C)C(=O)O)ccc2C(=O)c2ccccc21. The van der Waals surface area contributed by atoms with Crippen LogP contribution in [-0.2, 0) is 9.53 Å². The van der Waals surface area contributed by atoms with Crippen LogP contribution in [0.15, 0.2) is 47.4 Å². The summed E-state index contributed by atoms with van der Waals surface area (Å²) in [4.78, 5) is 24.8. The van der Waals surface area contributed by atoms with Gasteiger partial charge in [0.05, 0.1) is 5.92 Å². The highest BCUT2D eigenvalue weighted by Gasteiger charge is 2.28. The zero-order chi connectivity index (χ0) is 16.6. The average Bonchev–Trinajstić information content (AvgIpc) is 2.69. The lowest BCUT2D eigenvalue weighted by Gasteiger charge is -2.15. The fourth-order valence-electron chi connectivity index (χ4n) is 2.64. The van der Waals surface area contributed by atoms with Gasteiger partial charge in [0.1, 0.15) is 5.44 Å². The van der Waals surface area contributed by atoms with Crippen molar-refractivity contribution in [3.63, 3.8) is 0 Å². The van der Waals surface area contributed by atoms with Crippen LogP contribution in [-0.4, -0.2) is 24.0 Å². The molecule has 2 atom stereocenters. The first kappa shape index (κ1) is 15.8. The molecule has 0 saturated carbocycles. The molecule has 0 spiro atoms. The van der Waals surface area contributed by atoms with Crippen LogP contribution < -0.4 is 0 Å². The minimum Gasteiger partial charge on any atom is -0.481 e. The molecule has 2 aromatic carbocycles. The van der Waals surface area contributed by atoms with Crippen molar-refractivity contribution >= 4 is 23.5 Å². The van der Waals surface area contributed by atoms with Crippen LogP contribution in [0.1, 0.15) is 45.3 Å². The van der Waals surface area contributed by atoms with Crippen molar-refractivity contribution in [3.8, 4) is 0 Å². The number of benzene rings is 2. The standard InChI is InChI=1S/C18H16O4S/c1-10(17(20)21)11-7-8-14-15(9-11)23-18(22-2)13-6-4-3-5-12(13)16(14)19/h3-10,18H,1-2H3,(H,20,21). The minimum absolute atomic E-state index is 0.0582. The number of carbonyl (C=O) groups is 2. The van der Waals surface area contributed by atoms with Gasteiger partial charge in [-0.3, -0.25) is 9.59 Å². The quantitative estimate of drug-likeness (QED) is 0.927. The summed E-state index contributed by atoms with van der Waals surface area (Å²) in [6.07, 6.45) is 0. The van der Waals surface area contributed by atoms with Gasteiger partial charge in [-0.05, 0) is 24.6 Å². The lowest BCUT2D eigenvalue weighted by atomic mass is 9.95. The Kier molecular flexibility index (Phi) is 4.24. The molecule has 0 amide bonds. The Hall–Kier alpha value is -2.11. The van der Waals surface area contributed by atoms with Gasteiger partial charge in [-0.15, -0.1) is 0 Å². The van der Waals surface area contributed by atoms with Crippen LogP contribution in [0.5, 0.6) is 0 Å². The third-order valence-corrected chi connectivity index (χ3v) is 5.28. The van der Waals surface area contributed by atoms with E-state index in [1.807, 2.05) is 18.2 Å². The molecule has 118 valence electrons. The molecule has 1 heterocycles. The first-order valence-electron chi connectivity index (χ1n) is 7.22. The zero-order valence-corrected chi connectivity index (χ0v) is 13.6. The van der Waals surface area contributed by atoms with E-state index in [2.05, 4.69) is 0 Å². The normalized spacial score (nSPS) is 17.8. The molecule has 0 saturated heterocycles. The second-order valence-corrected chi connectivity index (χ2v) is 6.52. The van der Waals surface area contributed by atoms with Gasteiger partial charge in [-0.25, -0.2) is 0 Å². The molecule has 3 rings (SSSR count). The van der Waals surface area contributed by atoms with E-state index in [9.17, 15) is 14.7 Å². The van der Waals surface area contributed by atoms with Gasteiger partial charge in [-0.1, -0.05) is 42.1 Å². The van der Waals surface area contributed by atoms with Crippen molar-refractivity contribution in [1.82, 2.24) is 0 Å². The lowest BCUT2D eigenvalue weighted by molar-refractivity contribution is -0.138. The molecule has 0 radical (unpaired) electrons. The third-order valence-electron chi connectivity index (χ3n) is 4.03. The highest BCUT2D eigenvalue weighted by atomic mass is 32.2. The molecule has 5 heteroatoms. The largest absolute Gasteiger partial charge is 0.481 e. The molecule has 0 aliphatic carbocycles. The van der Waals surface area contributed by atoms with Crippen LogP contribution in [0.4, 0.5) is 0 Å². The van der Waals surface area contributed by atoms with Crippen LogP contribution in [0.2, 0.25) is 0 Å². The first-order valence-corrected chi connectivity index (χ1v) is 8.10. The van der Waals surface area contributed by atoms with E-state index in [1.54, 1.807) is 38.3 Å². The summed E-state index contributed by atoms with van der Waals surface area (Å²) >= 11 is 1.43. The highest BCUT2D eigenvalue weighted by molar-refractivity contribution is 7.99. The summed E-state index contributed by atoms with van der Waals surface area (Å²) in [5.41, 5.74) is 2.44. The summed E-state index contributed by atoms with van der Waals surface area (Å²) in [6, 6.07) is 12.6. The van der Waals surface area contributed by atoms with Crippen molar-refractivity contribution in [3.05, 3.63) is 64.7 Å². The number of methoxy groups -OCH3 is 1. The van der Waals surface area contributed by atoms with Crippen molar-refractivity contribution in [2.24, 2.45) is 0 Å². The Morgan fingerprint density at radius 2 is 1.96 bits per heavy atom. The highest BCUT2D eigenvalue weighted by Crippen LogP contribution is 2.43. The summed E-state index contributed by atoms with van der Waals surface area (Å²) < 4.78 is 5.55. The first-order chi connectivity index (χ1) is 11.0. The number of carboxylic acids is 1. The predicted octanol–water partition coefficient (Wildman–Crippen LogP) is 3.86. The van der Waals surface area contributed by atoms with Gasteiger partial charge < -0.3 is 9.84 Å². The average molecular weight is 328 g/mol. The maximum absolute atomic E-state index is 12.8. The minimum atomic E-state index is -0.888. The number of thioether (sulfide) groups is 1. The second kappa shape index (κ2) is 6.18. The van der Waals surface area contributed by atoms with Gasteiger partial charge in [0, 0.05) is 28.7 Å². The van der Waals surface area contributed by atoms with E-state index in [1.165, 1.54) is 11.8 Å². The van der Waals surface area contributed by atoms with E-state index >= 15 is 0 Å². The number of hydrogen-bond donors (Lipinski definition) is 1. The van der Waals surface area contributed by atoms with E-state index < -0.39 is 11.9 Å². The van der Waals surface area contributed by atoms with Crippen LogP contribution in [0.3, 0.4) is 0 Å². The number of fused-ring (bicyclic) bond motifs is 2. The monoisotopic (exact) mass is 328 g/mol. The van der Waals surface area contributed by atoms with Gasteiger partial charge in [0.2, 0.25) is 0 Å². The lowest BCUT2D eigenvalue weighted by Crippen LogP contribution is -2.09. The van der Waals surface area contributed by atoms with Gasteiger partial charge >= 0.3 is 5.97 Å². The molecule has 1 aliphatic rings. The van der Waals surface area contributed by atoms with Gasteiger partial charge in [0.25, 0.3) is 0 Å². The fraction of sp³-hybridized carbons (Fsp3) is 0.222. The van der Waals surface area contributed by atoms with E-state index in [0.717, 1.165) is 10.5 Å². The fourth-order valence-corrected chi connectivity index (χ4v) is 3.80. The van der Waals surface area contributed by atoms with Crippen LogP contribution in [0.25, 0.3) is 0 Å². The maximum atomic E-state index is 12.8. The number of ketones is 1. The van der Waals surface area contributed by atoms with E-state index in [0.29, 0.717) is 16.7 Å². The molecule has 1 N–H and O–H groups in total. The Morgan fingerprint density at radius 1 is 1.22 bits per heavy atom. The summed E-state index contributed by atoms with van der Waals surface area (Å²) in [5.74, 6) is -1.57. The summed E-state index contributed by atoms with van der Waals surface area (Å²) in [6.45, 7) is 1.63. The third kappa shape index (κ3) is 2.78. The van der Waals surface area contributed by atoms with Crippen molar-refractivity contribution in [2.45, 2.75) is 23.2 Å². The number of hydrogen-bond acceptors (Lipinski definition) is 4. The molecule has 1 aliphatic heterocycles. The topological polar surface area (TPSA) is 63.6 Å². The Balaban J connectivity index is 2.13. The van der Waals surface area contributed by atoms with Crippen molar-refractivity contribution in [1.29, 1.82) is 0 Å². The van der Waals surface area contributed by atoms with Crippen LogP contribution >= 0.6 is 11.8 Å². The van der Waals surface area contributed by atoms with Crippen molar-refractivity contribution < 1.29 is 19.4 Å². The molecule has 2 unspecified atom stereocenters. The Bertz CT molecular complexity index is 784. The van der Waals surface area contributed by atoms with E-state index in [4.69, 9.17) is 4.74 Å². The summed E-state index contributed by atoms with van der Waals surface area (Å²) in [5, 5.41) is 9.19. The summed E-state index contributed by atoms with van der Waals surface area (Å²) in [7, 11) is 1.60. The number of carbonyl (C=O) groups excluding carboxylic acids is 1. The second-order valence-electron chi connectivity index (χ2n) is 5.42. The molecule has 0 bridgehead atoms. The molecule has 0 fully saturated rings. The predicted molar refractivity (Wildman–Crippen MR) is 88.0 cm³/mol. The van der Waals surface area contributed by atoms with E-state index in [-0.39, 0.29) is 11.2 Å². The molecular weight excluding hydrogens is 312 g/mol. The van der Waals surface area contributed by atoms with Crippen LogP contribution in [0, 0.1) is 0 Å². The molecule has 2 aromatic rings. The zero-order valence-electron chi connectivity index (χ0n) is 12.8. The van der Waals surface area contributed by atoms with Gasteiger partial charge in [0.15, 0.2) is 5.78 Å². The smallest absolute Gasteiger partial charge is 0.310 e. The number of rotatable bonds is 3. The number of aliphatic carboxylic acids is 1. The Morgan fingerprint density at radius 3 is 2.65 bits per heavy atom.